The summed E-state index contributed by atoms with van der Waals surface area (Å²) in [6.07, 6.45) is 0.276. The zero-order valence-electron chi connectivity index (χ0n) is 14.4. The van der Waals surface area contributed by atoms with E-state index in [0.717, 1.165) is 5.69 Å². The maximum atomic E-state index is 13.9. The van der Waals surface area contributed by atoms with Gasteiger partial charge in [0.2, 0.25) is 5.91 Å². The van der Waals surface area contributed by atoms with Gasteiger partial charge >= 0.3 is 0 Å². The molecule has 138 valence electrons. The van der Waals surface area contributed by atoms with Crippen LogP contribution in [0, 0.1) is 5.82 Å². The molecular formula is C19H15ClFN3O3. The molecule has 1 saturated heterocycles. The average molecular weight is 388 g/mol. The van der Waals surface area contributed by atoms with Crippen LogP contribution in [0.5, 0.6) is 5.75 Å². The average Bonchev–Trinajstić information content (AvgIpc) is 3.29. The van der Waals surface area contributed by atoms with Gasteiger partial charge in [0.25, 0.3) is 5.89 Å². The van der Waals surface area contributed by atoms with Gasteiger partial charge in [-0.05, 0) is 42.5 Å². The van der Waals surface area contributed by atoms with Crippen molar-refractivity contribution in [3.05, 3.63) is 59.1 Å². The zero-order valence-corrected chi connectivity index (χ0v) is 15.1. The molecule has 0 bridgehead atoms. The van der Waals surface area contributed by atoms with Crippen LogP contribution in [0.1, 0.15) is 18.2 Å². The number of amides is 1. The zero-order chi connectivity index (χ0) is 19.0. The third-order valence-electron chi connectivity index (χ3n) is 4.47. The van der Waals surface area contributed by atoms with E-state index in [4.69, 9.17) is 20.9 Å². The highest BCUT2D eigenvalue weighted by Gasteiger charge is 2.34. The number of ether oxygens (including phenoxy) is 1. The fourth-order valence-electron chi connectivity index (χ4n) is 3.07. The lowest BCUT2D eigenvalue weighted by Gasteiger charge is -2.16. The standard InChI is InChI=1S/C19H15ClFN3O3/c1-26-16-7-2-11(8-15(16)21)19-22-18(23-27-19)12-9-17(25)24(10-12)14-5-3-13(20)4-6-14/h2-8,12H,9-10H2,1H3/t12-/m0/s1. The summed E-state index contributed by atoms with van der Waals surface area (Å²) in [6, 6.07) is 11.5. The SMILES string of the molecule is COc1ccc(-c2nc([C@H]3CC(=O)N(c4ccc(Cl)cc4)C3)no2)cc1F. The monoisotopic (exact) mass is 387 g/mol. The molecule has 1 fully saturated rings. The first-order chi connectivity index (χ1) is 13.0. The molecule has 1 aliphatic rings. The Bertz CT molecular complexity index is 990. The Labute approximate surface area is 159 Å². The normalized spacial score (nSPS) is 16.8. The number of carbonyl (C=O) groups is 1. The minimum atomic E-state index is -0.514. The fraction of sp³-hybridized carbons (Fsp3) is 0.211. The van der Waals surface area contributed by atoms with E-state index < -0.39 is 5.82 Å². The van der Waals surface area contributed by atoms with Crippen molar-refractivity contribution in [3.63, 3.8) is 0 Å². The number of carbonyl (C=O) groups excluding carboxylic acids is 1. The summed E-state index contributed by atoms with van der Waals surface area (Å²) in [7, 11) is 1.40. The lowest BCUT2D eigenvalue weighted by molar-refractivity contribution is -0.117. The van der Waals surface area contributed by atoms with Gasteiger partial charge in [0.1, 0.15) is 0 Å². The van der Waals surface area contributed by atoms with Gasteiger partial charge in [0.05, 0.1) is 7.11 Å². The number of halogens is 2. The topological polar surface area (TPSA) is 68.5 Å². The summed E-state index contributed by atoms with van der Waals surface area (Å²) < 4.78 is 24.1. The Morgan fingerprint density at radius 1 is 1.26 bits per heavy atom. The van der Waals surface area contributed by atoms with Crippen molar-refractivity contribution in [2.24, 2.45) is 0 Å². The predicted molar refractivity (Wildman–Crippen MR) is 97.4 cm³/mol. The van der Waals surface area contributed by atoms with Crippen LogP contribution in [-0.2, 0) is 4.79 Å². The van der Waals surface area contributed by atoms with Gasteiger partial charge in [0, 0.05) is 35.2 Å². The molecule has 1 atom stereocenters. The maximum Gasteiger partial charge on any atom is 0.258 e. The third kappa shape index (κ3) is 3.38. The van der Waals surface area contributed by atoms with Gasteiger partial charge in [-0.25, -0.2) is 4.39 Å². The summed E-state index contributed by atoms with van der Waals surface area (Å²) in [6.45, 7) is 0.441. The Morgan fingerprint density at radius 3 is 2.74 bits per heavy atom. The number of aromatic nitrogens is 2. The molecule has 0 unspecified atom stereocenters. The number of anilines is 1. The molecule has 4 rings (SSSR count). The van der Waals surface area contributed by atoms with Gasteiger partial charge in [-0.3, -0.25) is 4.79 Å². The maximum absolute atomic E-state index is 13.9. The molecule has 1 aromatic heterocycles. The Hall–Kier alpha value is -2.93. The Kier molecular flexibility index (Phi) is 4.53. The molecule has 6 nitrogen and oxygen atoms in total. The van der Waals surface area contributed by atoms with Crippen molar-refractivity contribution in [2.75, 3.05) is 18.6 Å². The van der Waals surface area contributed by atoms with Gasteiger partial charge < -0.3 is 14.2 Å². The molecule has 0 aliphatic carbocycles. The first-order valence-electron chi connectivity index (χ1n) is 8.28. The Balaban J connectivity index is 1.54. The summed E-state index contributed by atoms with van der Waals surface area (Å²) >= 11 is 5.90. The highest BCUT2D eigenvalue weighted by atomic mass is 35.5. The van der Waals surface area contributed by atoms with E-state index in [9.17, 15) is 9.18 Å². The van der Waals surface area contributed by atoms with Crippen molar-refractivity contribution in [1.82, 2.24) is 10.1 Å². The van der Waals surface area contributed by atoms with Crippen molar-refractivity contribution < 1.29 is 18.4 Å². The number of methoxy groups -OCH3 is 1. The molecule has 3 aromatic rings. The van der Waals surface area contributed by atoms with E-state index in [2.05, 4.69) is 10.1 Å². The number of nitrogens with zero attached hydrogens (tertiary/aromatic N) is 3. The van der Waals surface area contributed by atoms with Crippen molar-refractivity contribution in [1.29, 1.82) is 0 Å². The second-order valence-electron chi connectivity index (χ2n) is 6.19. The first kappa shape index (κ1) is 17.5. The van der Waals surface area contributed by atoms with E-state index in [1.807, 2.05) is 0 Å². The van der Waals surface area contributed by atoms with Gasteiger partial charge in [0.15, 0.2) is 17.4 Å². The van der Waals surface area contributed by atoms with Crippen LogP contribution in [-0.4, -0.2) is 29.7 Å². The van der Waals surface area contributed by atoms with Crippen LogP contribution in [0.25, 0.3) is 11.5 Å². The first-order valence-corrected chi connectivity index (χ1v) is 8.66. The van der Waals surface area contributed by atoms with Gasteiger partial charge in [-0.2, -0.15) is 4.98 Å². The van der Waals surface area contributed by atoms with E-state index in [1.165, 1.54) is 19.2 Å². The molecule has 0 spiro atoms. The van der Waals surface area contributed by atoms with E-state index >= 15 is 0 Å². The number of hydrogen-bond acceptors (Lipinski definition) is 5. The van der Waals surface area contributed by atoms with Crippen molar-refractivity contribution >= 4 is 23.2 Å². The lowest BCUT2D eigenvalue weighted by Crippen LogP contribution is -2.24. The molecule has 2 heterocycles. The smallest absolute Gasteiger partial charge is 0.258 e. The Morgan fingerprint density at radius 2 is 2.04 bits per heavy atom. The van der Waals surface area contributed by atoms with Crippen LogP contribution >= 0.6 is 11.6 Å². The fourth-order valence-corrected chi connectivity index (χ4v) is 3.19. The molecule has 0 saturated carbocycles. The second-order valence-corrected chi connectivity index (χ2v) is 6.63. The van der Waals surface area contributed by atoms with Crippen LogP contribution in [0.3, 0.4) is 0 Å². The van der Waals surface area contributed by atoms with Crippen molar-refractivity contribution in [3.8, 4) is 17.2 Å². The predicted octanol–water partition coefficient (Wildman–Crippen LogP) is 4.06. The van der Waals surface area contributed by atoms with Gasteiger partial charge in [-0.1, -0.05) is 16.8 Å². The van der Waals surface area contributed by atoms with Crippen LogP contribution in [0.15, 0.2) is 47.0 Å². The summed E-state index contributed by atoms with van der Waals surface area (Å²) in [5, 5.41) is 4.59. The highest BCUT2D eigenvalue weighted by Crippen LogP contribution is 2.32. The van der Waals surface area contributed by atoms with E-state index in [1.54, 1.807) is 35.2 Å². The molecule has 1 amide bonds. The minimum absolute atomic E-state index is 0.0239. The third-order valence-corrected chi connectivity index (χ3v) is 4.72. The second kappa shape index (κ2) is 7.00. The molecule has 0 N–H and O–H groups in total. The van der Waals surface area contributed by atoms with Crippen molar-refractivity contribution in [2.45, 2.75) is 12.3 Å². The summed E-state index contributed by atoms with van der Waals surface area (Å²) in [4.78, 5) is 18.4. The van der Waals surface area contributed by atoms with E-state index in [-0.39, 0.29) is 29.9 Å². The van der Waals surface area contributed by atoms with Crippen LogP contribution < -0.4 is 9.64 Å². The molecule has 27 heavy (non-hydrogen) atoms. The number of benzene rings is 2. The molecule has 1 aliphatic heterocycles. The number of hydrogen-bond donors (Lipinski definition) is 0. The van der Waals surface area contributed by atoms with E-state index in [0.29, 0.717) is 23.0 Å². The minimum Gasteiger partial charge on any atom is -0.494 e. The van der Waals surface area contributed by atoms with Crippen LogP contribution in [0.2, 0.25) is 5.02 Å². The quantitative estimate of drug-likeness (QED) is 0.675. The lowest BCUT2D eigenvalue weighted by atomic mass is 10.1. The summed E-state index contributed by atoms with van der Waals surface area (Å²) in [5.74, 6) is 0.0196. The van der Waals surface area contributed by atoms with Gasteiger partial charge in [-0.15, -0.1) is 0 Å². The molecule has 2 aromatic carbocycles. The van der Waals surface area contributed by atoms with Crippen LogP contribution in [0.4, 0.5) is 10.1 Å². The molecular weight excluding hydrogens is 373 g/mol. The summed E-state index contributed by atoms with van der Waals surface area (Å²) in [5.41, 5.74) is 1.22. The number of rotatable bonds is 4. The molecule has 8 heteroatoms. The largest absolute Gasteiger partial charge is 0.494 e. The molecule has 0 radical (unpaired) electrons. The highest BCUT2D eigenvalue weighted by molar-refractivity contribution is 6.30.